The standard InChI is InChI=1S/C17H33N3O.ClH/c1-13(20-10-9-15(18)17(2,3)12-20)16(21)19-11-14-7-5-4-6-8-14;/h13-15H,4-12,18H2,1-3H3,(H,19,21);1H. The Kier molecular flexibility index (Phi) is 7.63. The van der Waals surface area contributed by atoms with Crippen LogP contribution >= 0.6 is 12.4 Å². The van der Waals surface area contributed by atoms with E-state index in [4.69, 9.17) is 5.73 Å². The number of nitrogens with zero attached hydrogens (tertiary/aromatic N) is 1. The third kappa shape index (κ3) is 5.10. The lowest BCUT2D eigenvalue weighted by atomic mass is 9.79. The molecular formula is C17H34ClN3O. The van der Waals surface area contributed by atoms with E-state index in [1.807, 2.05) is 6.92 Å². The van der Waals surface area contributed by atoms with Crippen LogP contribution in [0.3, 0.4) is 0 Å². The molecular weight excluding hydrogens is 298 g/mol. The molecule has 130 valence electrons. The van der Waals surface area contributed by atoms with Crippen molar-refractivity contribution in [2.75, 3.05) is 19.6 Å². The fourth-order valence-corrected chi connectivity index (χ4v) is 3.70. The van der Waals surface area contributed by atoms with Crippen molar-refractivity contribution in [2.45, 2.75) is 71.4 Å². The van der Waals surface area contributed by atoms with E-state index in [1.165, 1.54) is 32.1 Å². The second-order valence-corrected chi connectivity index (χ2v) is 7.78. The molecule has 1 heterocycles. The number of hydrogen-bond acceptors (Lipinski definition) is 3. The second-order valence-electron chi connectivity index (χ2n) is 7.78. The summed E-state index contributed by atoms with van der Waals surface area (Å²) in [4.78, 5) is 14.7. The van der Waals surface area contributed by atoms with Gasteiger partial charge in [0.2, 0.25) is 5.91 Å². The lowest BCUT2D eigenvalue weighted by molar-refractivity contribution is -0.127. The molecule has 1 saturated heterocycles. The molecule has 5 heteroatoms. The normalized spacial score (nSPS) is 27.7. The number of carbonyl (C=O) groups is 1. The fourth-order valence-electron chi connectivity index (χ4n) is 3.70. The monoisotopic (exact) mass is 331 g/mol. The Bertz CT molecular complexity index is 356. The van der Waals surface area contributed by atoms with E-state index in [0.29, 0.717) is 5.92 Å². The maximum Gasteiger partial charge on any atom is 0.237 e. The molecule has 4 nitrogen and oxygen atoms in total. The van der Waals surface area contributed by atoms with Crippen molar-refractivity contribution in [3.63, 3.8) is 0 Å². The van der Waals surface area contributed by atoms with Crippen molar-refractivity contribution in [2.24, 2.45) is 17.1 Å². The van der Waals surface area contributed by atoms with Gasteiger partial charge in [0.1, 0.15) is 0 Å². The van der Waals surface area contributed by atoms with Crippen LogP contribution in [0.1, 0.15) is 59.3 Å². The third-order valence-corrected chi connectivity index (χ3v) is 5.56. The second kappa shape index (κ2) is 8.51. The van der Waals surface area contributed by atoms with Crippen LogP contribution in [0.15, 0.2) is 0 Å². The minimum absolute atomic E-state index is 0. The molecule has 0 spiro atoms. The smallest absolute Gasteiger partial charge is 0.237 e. The zero-order chi connectivity index (χ0) is 15.5. The summed E-state index contributed by atoms with van der Waals surface area (Å²) in [5, 5.41) is 3.18. The highest BCUT2D eigenvalue weighted by Gasteiger charge is 2.36. The number of likely N-dealkylation sites (tertiary alicyclic amines) is 1. The average molecular weight is 332 g/mol. The van der Waals surface area contributed by atoms with Crippen LogP contribution in [0.4, 0.5) is 0 Å². The molecule has 0 radical (unpaired) electrons. The van der Waals surface area contributed by atoms with E-state index in [1.54, 1.807) is 0 Å². The van der Waals surface area contributed by atoms with Crippen molar-refractivity contribution < 1.29 is 4.79 Å². The van der Waals surface area contributed by atoms with Gasteiger partial charge in [-0.05, 0) is 37.5 Å². The summed E-state index contributed by atoms with van der Waals surface area (Å²) >= 11 is 0. The predicted molar refractivity (Wildman–Crippen MR) is 94.2 cm³/mol. The number of nitrogens with one attached hydrogen (secondary N) is 1. The Morgan fingerprint density at radius 2 is 1.91 bits per heavy atom. The molecule has 1 aliphatic heterocycles. The molecule has 1 aliphatic carbocycles. The van der Waals surface area contributed by atoms with Crippen LogP contribution in [-0.2, 0) is 4.79 Å². The van der Waals surface area contributed by atoms with Gasteiger partial charge in [-0.25, -0.2) is 0 Å². The molecule has 3 N–H and O–H groups in total. The van der Waals surface area contributed by atoms with E-state index in [-0.39, 0.29) is 35.8 Å². The molecule has 1 saturated carbocycles. The largest absolute Gasteiger partial charge is 0.354 e. The van der Waals surface area contributed by atoms with E-state index >= 15 is 0 Å². The quantitative estimate of drug-likeness (QED) is 0.832. The van der Waals surface area contributed by atoms with Gasteiger partial charge in [-0.1, -0.05) is 33.1 Å². The van der Waals surface area contributed by atoms with Crippen molar-refractivity contribution in [3.05, 3.63) is 0 Å². The number of piperidine rings is 1. The summed E-state index contributed by atoms with van der Waals surface area (Å²) in [5.41, 5.74) is 6.27. The Hall–Kier alpha value is -0.320. The van der Waals surface area contributed by atoms with Gasteiger partial charge in [0.15, 0.2) is 0 Å². The summed E-state index contributed by atoms with van der Waals surface area (Å²) in [7, 11) is 0. The van der Waals surface area contributed by atoms with Crippen LogP contribution in [0, 0.1) is 11.3 Å². The number of nitrogens with two attached hydrogens (primary N) is 1. The van der Waals surface area contributed by atoms with Gasteiger partial charge in [-0.2, -0.15) is 0 Å². The number of halogens is 1. The minimum Gasteiger partial charge on any atom is -0.354 e. The number of carbonyl (C=O) groups excluding carboxylic acids is 1. The lowest BCUT2D eigenvalue weighted by Crippen LogP contribution is -2.57. The molecule has 0 aromatic rings. The molecule has 0 aromatic heterocycles. The van der Waals surface area contributed by atoms with Gasteiger partial charge >= 0.3 is 0 Å². The van der Waals surface area contributed by atoms with E-state index in [0.717, 1.165) is 26.1 Å². The third-order valence-electron chi connectivity index (χ3n) is 5.56. The highest BCUT2D eigenvalue weighted by molar-refractivity contribution is 5.85. The summed E-state index contributed by atoms with van der Waals surface area (Å²) in [6, 6.07) is 0.201. The van der Waals surface area contributed by atoms with Crippen LogP contribution in [0.5, 0.6) is 0 Å². The van der Waals surface area contributed by atoms with Gasteiger partial charge in [-0.3, -0.25) is 9.69 Å². The van der Waals surface area contributed by atoms with Gasteiger partial charge in [0.05, 0.1) is 6.04 Å². The van der Waals surface area contributed by atoms with Crippen molar-refractivity contribution in [3.8, 4) is 0 Å². The first-order valence-electron chi connectivity index (χ1n) is 8.67. The topological polar surface area (TPSA) is 58.4 Å². The van der Waals surface area contributed by atoms with Gasteiger partial charge in [0, 0.05) is 25.7 Å². The van der Waals surface area contributed by atoms with E-state index in [9.17, 15) is 4.79 Å². The molecule has 2 atom stereocenters. The summed E-state index contributed by atoms with van der Waals surface area (Å²) in [6.45, 7) is 9.14. The Morgan fingerprint density at radius 1 is 1.27 bits per heavy atom. The Balaban J connectivity index is 0.00000242. The van der Waals surface area contributed by atoms with Crippen LogP contribution < -0.4 is 11.1 Å². The molecule has 22 heavy (non-hydrogen) atoms. The van der Waals surface area contributed by atoms with E-state index < -0.39 is 0 Å². The van der Waals surface area contributed by atoms with Crippen LogP contribution in [-0.4, -0.2) is 42.5 Å². The first-order valence-corrected chi connectivity index (χ1v) is 8.67. The molecule has 2 unspecified atom stereocenters. The van der Waals surface area contributed by atoms with Gasteiger partial charge in [-0.15, -0.1) is 12.4 Å². The van der Waals surface area contributed by atoms with Crippen molar-refractivity contribution in [1.29, 1.82) is 0 Å². The highest BCUT2D eigenvalue weighted by atomic mass is 35.5. The Labute approximate surface area is 142 Å². The predicted octanol–water partition coefficient (Wildman–Crippen LogP) is 2.55. The first-order chi connectivity index (χ1) is 9.90. The summed E-state index contributed by atoms with van der Waals surface area (Å²) in [5.74, 6) is 0.882. The SMILES string of the molecule is CC(C(=O)NCC1CCCCC1)N1CCC(N)C(C)(C)C1.Cl. The molecule has 1 amide bonds. The maximum absolute atomic E-state index is 12.4. The van der Waals surface area contributed by atoms with Crippen LogP contribution in [0.2, 0.25) is 0 Å². The molecule has 0 bridgehead atoms. The first kappa shape index (κ1) is 19.7. The summed E-state index contributed by atoms with van der Waals surface area (Å²) in [6.07, 6.45) is 7.56. The zero-order valence-electron chi connectivity index (χ0n) is 14.4. The highest BCUT2D eigenvalue weighted by Crippen LogP contribution is 2.29. The van der Waals surface area contributed by atoms with Crippen LogP contribution in [0.25, 0.3) is 0 Å². The molecule has 2 aliphatic rings. The molecule has 2 rings (SSSR count). The van der Waals surface area contributed by atoms with Crippen molar-refractivity contribution >= 4 is 18.3 Å². The molecule has 2 fully saturated rings. The minimum atomic E-state index is -0.0413. The Morgan fingerprint density at radius 3 is 2.50 bits per heavy atom. The van der Waals surface area contributed by atoms with E-state index in [2.05, 4.69) is 24.1 Å². The number of hydrogen-bond donors (Lipinski definition) is 2. The summed E-state index contributed by atoms with van der Waals surface area (Å²) < 4.78 is 0. The van der Waals surface area contributed by atoms with Crippen molar-refractivity contribution in [1.82, 2.24) is 10.2 Å². The van der Waals surface area contributed by atoms with Gasteiger partial charge < -0.3 is 11.1 Å². The lowest BCUT2D eigenvalue weighted by Gasteiger charge is -2.44. The number of amides is 1. The molecule has 0 aromatic carbocycles. The number of rotatable bonds is 4. The fraction of sp³-hybridized carbons (Fsp3) is 0.941. The average Bonchev–Trinajstić information content (AvgIpc) is 2.48. The maximum atomic E-state index is 12.4. The zero-order valence-corrected chi connectivity index (χ0v) is 15.3. The van der Waals surface area contributed by atoms with Gasteiger partial charge in [0.25, 0.3) is 0 Å².